The first-order valence-corrected chi connectivity index (χ1v) is 3.07. The highest BCUT2D eigenvalue weighted by Gasteiger charge is 2.16. The summed E-state index contributed by atoms with van der Waals surface area (Å²) in [7, 11) is 0. The lowest BCUT2D eigenvalue weighted by Gasteiger charge is -1.97. The van der Waals surface area contributed by atoms with Gasteiger partial charge in [-0.25, -0.2) is 0 Å². The molecule has 12 heavy (non-hydrogen) atoms. The van der Waals surface area contributed by atoms with E-state index in [1.165, 1.54) is 12.1 Å². The lowest BCUT2D eigenvalue weighted by molar-refractivity contribution is -0.387. The minimum Gasteiger partial charge on any atom is -0.385 e. The normalized spacial score (nSPS) is 9.83. The van der Waals surface area contributed by atoms with Crippen molar-refractivity contribution in [3.8, 4) is 0 Å². The van der Waals surface area contributed by atoms with Crippen LogP contribution in [0.5, 0.6) is 0 Å². The summed E-state index contributed by atoms with van der Waals surface area (Å²) in [5.74, 6) is -1.02. The summed E-state index contributed by atoms with van der Waals surface area (Å²) in [4.78, 5) is 9.32. The van der Waals surface area contributed by atoms with E-state index in [1.54, 1.807) is 0 Å². The molecule has 0 aromatic heterocycles. The molecule has 0 fully saturated rings. The quantitative estimate of drug-likeness (QED) is 0.541. The molecule has 1 aromatic rings. The summed E-state index contributed by atoms with van der Waals surface area (Å²) < 4.78 is 12.9. The van der Waals surface area contributed by atoms with Crippen LogP contribution < -0.4 is 0 Å². The average molecular weight is 170 g/mol. The van der Waals surface area contributed by atoms with Crippen LogP contribution in [0.1, 0.15) is 5.56 Å². The molecule has 0 aliphatic carbocycles. The van der Waals surface area contributed by atoms with E-state index in [0.717, 1.165) is 6.07 Å². The molecular weight excluding hydrogens is 165 g/mol. The highest BCUT2D eigenvalue weighted by atomic mass is 19.1. The summed E-state index contributed by atoms with van der Waals surface area (Å²) in [6.45, 7) is 0.488. The molecular formula is C7H5FNO3. The Morgan fingerprint density at radius 2 is 2.25 bits per heavy atom. The van der Waals surface area contributed by atoms with Crippen molar-refractivity contribution >= 4 is 5.69 Å². The molecule has 4 nitrogen and oxygen atoms in total. The number of hydrogen-bond donors (Lipinski definition) is 1. The van der Waals surface area contributed by atoms with Gasteiger partial charge in [0.1, 0.15) is 6.61 Å². The number of aliphatic hydroxyl groups excluding tert-OH is 1. The summed E-state index contributed by atoms with van der Waals surface area (Å²) >= 11 is 0. The molecule has 0 amide bonds. The fraction of sp³-hybridized carbons (Fsp3) is 0. The van der Waals surface area contributed by atoms with E-state index in [2.05, 4.69) is 0 Å². The number of halogens is 1. The summed E-state index contributed by atoms with van der Waals surface area (Å²) in [6, 6.07) is 3.56. The minimum atomic E-state index is -1.02. The highest BCUT2D eigenvalue weighted by Crippen LogP contribution is 2.20. The van der Waals surface area contributed by atoms with Crippen LogP contribution in [0.25, 0.3) is 0 Å². The van der Waals surface area contributed by atoms with E-state index in [9.17, 15) is 14.5 Å². The van der Waals surface area contributed by atoms with Crippen molar-refractivity contribution in [3.63, 3.8) is 0 Å². The van der Waals surface area contributed by atoms with Crippen molar-refractivity contribution in [1.82, 2.24) is 0 Å². The second-order valence-corrected chi connectivity index (χ2v) is 2.07. The van der Waals surface area contributed by atoms with Crippen molar-refractivity contribution in [2.75, 3.05) is 0 Å². The van der Waals surface area contributed by atoms with Gasteiger partial charge in [0, 0.05) is 11.6 Å². The van der Waals surface area contributed by atoms with Crippen LogP contribution in [0, 0.1) is 22.5 Å². The maximum Gasteiger partial charge on any atom is 0.305 e. The number of nitro groups is 1. The Labute approximate surface area is 67.4 Å². The molecule has 0 saturated carbocycles. The van der Waals surface area contributed by atoms with Crippen molar-refractivity contribution in [2.45, 2.75) is 0 Å². The van der Waals surface area contributed by atoms with Crippen molar-refractivity contribution in [2.24, 2.45) is 0 Å². The highest BCUT2D eigenvalue weighted by molar-refractivity contribution is 5.38. The second-order valence-electron chi connectivity index (χ2n) is 2.07. The number of aliphatic hydroxyl groups is 1. The van der Waals surface area contributed by atoms with Gasteiger partial charge in [-0.2, -0.15) is 4.39 Å². The van der Waals surface area contributed by atoms with Crippen LogP contribution in [-0.2, 0) is 0 Å². The van der Waals surface area contributed by atoms with Gasteiger partial charge >= 0.3 is 5.69 Å². The molecule has 0 heterocycles. The molecule has 0 aliphatic heterocycles. The molecule has 0 bridgehead atoms. The van der Waals surface area contributed by atoms with E-state index in [1.807, 2.05) is 0 Å². The van der Waals surface area contributed by atoms with Crippen LogP contribution in [0.15, 0.2) is 18.2 Å². The van der Waals surface area contributed by atoms with Gasteiger partial charge in [-0.05, 0) is 0 Å². The maximum atomic E-state index is 12.9. The van der Waals surface area contributed by atoms with Crippen LogP contribution in [0.2, 0.25) is 0 Å². The van der Waals surface area contributed by atoms with Gasteiger partial charge in [-0.15, -0.1) is 0 Å². The van der Waals surface area contributed by atoms with Crippen LogP contribution >= 0.6 is 0 Å². The fourth-order valence-electron chi connectivity index (χ4n) is 0.778. The van der Waals surface area contributed by atoms with Crippen LogP contribution in [-0.4, -0.2) is 10.0 Å². The first-order valence-electron chi connectivity index (χ1n) is 3.07. The number of rotatable bonds is 2. The standard InChI is InChI=1S/C7H5FNO3/c8-7-5(4-10)2-1-3-6(7)9(11)12/h1-4,10H. The number of benzene rings is 1. The molecule has 0 saturated heterocycles. The van der Waals surface area contributed by atoms with Gasteiger partial charge in [0.15, 0.2) is 0 Å². The van der Waals surface area contributed by atoms with E-state index in [4.69, 9.17) is 5.11 Å². The second kappa shape index (κ2) is 3.27. The Bertz CT molecular complexity index is 314. The van der Waals surface area contributed by atoms with Crippen LogP contribution in [0.3, 0.4) is 0 Å². The average Bonchev–Trinajstić information content (AvgIpc) is 2.04. The molecule has 1 aromatic carbocycles. The summed E-state index contributed by atoms with van der Waals surface area (Å²) in [6.07, 6.45) is 0. The molecule has 0 unspecified atom stereocenters. The number of nitro benzene ring substituents is 1. The predicted octanol–water partition coefficient (Wildman–Crippen LogP) is 1.62. The zero-order chi connectivity index (χ0) is 9.14. The molecule has 5 heteroatoms. The van der Waals surface area contributed by atoms with Gasteiger partial charge < -0.3 is 5.11 Å². The van der Waals surface area contributed by atoms with Crippen molar-refractivity contribution in [3.05, 3.63) is 46.3 Å². The predicted molar refractivity (Wildman–Crippen MR) is 38.4 cm³/mol. The maximum absolute atomic E-state index is 12.9. The van der Waals surface area contributed by atoms with E-state index in [-0.39, 0.29) is 5.56 Å². The van der Waals surface area contributed by atoms with Crippen LogP contribution in [0.4, 0.5) is 10.1 Å². The number of hydrogen-bond acceptors (Lipinski definition) is 3. The van der Waals surface area contributed by atoms with Gasteiger partial charge in [-0.3, -0.25) is 10.1 Å². The van der Waals surface area contributed by atoms with Crippen molar-refractivity contribution < 1.29 is 14.4 Å². The minimum absolute atomic E-state index is 0.191. The molecule has 63 valence electrons. The van der Waals surface area contributed by atoms with Gasteiger partial charge in [-0.1, -0.05) is 12.1 Å². The zero-order valence-electron chi connectivity index (χ0n) is 5.90. The Hall–Kier alpha value is -1.49. The monoisotopic (exact) mass is 170 g/mol. The lowest BCUT2D eigenvalue weighted by atomic mass is 10.2. The Morgan fingerprint density at radius 3 is 2.75 bits per heavy atom. The summed E-state index contributed by atoms with van der Waals surface area (Å²) in [5.41, 5.74) is -0.831. The van der Waals surface area contributed by atoms with E-state index in [0.29, 0.717) is 6.61 Å². The molecule has 1 N–H and O–H groups in total. The topological polar surface area (TPSA) is 63.4 Å². The molecule has 1 rings (SSSR count). The molecule has 1 radical (unpaired) electrons. The van der Waals surface area contributed by atoms with E-state index >= 15 is 0 Å². The first kappa shape index (κ1) is 8.61. The van der Waals surface area contributed by atoms with Gasteiger partial charge in [0.25, 0.3) is 0 Å². The zero-order valence-corrected chi connectivity index (χ0v) is 5.90. The number of nitrogens with zero attached hydrogens (tertiary/aromatic N) is 1. The van der Waals surface area contributed by atoms with Crippen molar-refractivity contribution in [1.29, 1.82) is 0 Å². The molecule has 0 spiro atoms. The van der Waals surface area contributed by atoms with E-state index < -0.39 is 16.4 Å². The third kappa shape index (κ3) is 1.40. The van der Waals surface area contributed by atoms with Gasteiger partial charge in [0.05, 0.1) is 4.92 Å². The van der Waals surface area contributed by atoms with Gasteiger partial charge in [0.2, 0.25) is 5.82 Å². The lowest BCUT2D eigenvalue weighted by Crippen LogP contribution is -1.95. The third-order valence-electron chi connectivity index (χ3n) is 1.34. The molecule has 0 atom stereocenters. The third-order valence-corrected chi connectivity index (χ3v) is 1.34. The summed E-state index contributed by atoms with van der Waals surface area (Å²) in [5, 5.41) is 18.6. The fourth-order valence-corrected chi connectivity index (χ4v) is 0.778. The smallest absolute Gasteiger partial charge is 0.305 e. The Balaban J connectivity index is 3.23. The Kier molecular flexibility index (Phi) is 2.35. The Morgan fingerprint density at radius 1 is 1.58 bits per heavy atom. The largest absolute Gasteiger partial charge is 0.385 e. The first-order chi connectivity index (χ1) is 5.66. The molecule has 0 aliphatic rings. The SMILES string of the molecule is O=[N+]([O-])c1cccc([CH]O)c1F.